The molecule has 0 amide bonds. The fourth-order valence-electron chi connectivity index (χ4n) is 2.72. The van der Waals surface area contributed by atoms with Crippen molar-refractivity contribution in [2.24, 2.45) is 0 Å². The molecule has 0 saturated heterocycles. The molecule has 0 spiro atoms. The van der Waals surface area contributed by atoms with E-state index in [0.29, 0.717) is 12.1 Å². The number of ether oxygens (including phenoxy) is 1. The SMILES string of the molecule is CC.Cc1ccc(-c2cc(F)c(C(F)(F)Oc3cc(F)c(C(F)(F)F)c(F)c3)c(F)c2)nc1. The monoisotopic (exact) mass is 481 g/mol. The number of aromatic nitrogens is 1. The second-order valence-electron chi connectivity index (χ2n) is 6.41. The van der Waals surface area contributed by atoms with Crippen LogP contribution in [0.15, 0.2) is 42.6 Å². The summed E-state index contributed by atoms with van der Waals surface area (Å²) in [5.74, 6) is -9.42. The molecule has 0 bridgehead atoms. The standard InChI is InChI=1S/C20H10F9NO.C2H6/c1-9-2-3-16(30-8-9)10-4-12(21)18(13(22)5-10)20(28,29)31-11-6-14(23)17(15(24)7-11)19(25,26)27;1-2/h2-8H,1H3;1-2H3. The highest BCUT2D eigenvalue weighted by molar-refractivity contribution is 5.60. The van der Waals surface area contributed by atoms with E-state index < -0.39 is 52.4 Å². The largest absolute Gasteiger partial charge is 0.432 e. The van der Waals surface area contributed by atoms with Crippen LogP contribution in [0.25, 0.3) is 11.3 Å². The zero-order chi connectivity index (χ0) is 25.1. The quantitative estimate of drug-likeness (QED) is 0.355. The normalized spacial score (nSPS) is 11.6. The van der Waals surface area contributed by atoms with Crippen LogP contribution < -0.4 is 4.74 Å². The van der Waals surface area contributed by atoms with Crippen LogP contribution in [-0.4, -0.2) is 4.98 Å². The van der Waals surface area contributed by atoms with Gasteiger partial charge in [0.2, 0.25) is 0 Å². The van der Waals surface area contributed by atoms with E-state index in [1.54, 1.807) is 13.0 Å². The van der Waals surface area contributed by atoms with Crippen LogP contribution in [0.5, 0.6) is 5.75 Å². The van der Waals surface area contributed by atoms with Crippen LogP contribution in [0.2, 0.25) is 0 Å². The summed E-state index contributed by atoms with van der Waals surface area (Å²) >= 11 is 0. The van der Waals surface area contributed by atoms with Crippen molar-refractivity contribution < 1.29 is 44.3 Å². The molecule has 0 saturated carbocycles. The van der Waals surface area contributed by atoms with Gasteiger partial charge in [-0.25, -0.2) is 17.6 Å². The topological polar surface area (TPSA) is 22.1 Å². The minimum atomic E-state index is -5.44. The first kappa shape index (κ1) is 26.0. The van der Waals surface area contributed by atoms with Gasteiger partial charge in [-0.05, 0) is 30.7 Å². The summed E-state index contributed by atoms with van der Waals surface area (Å²) in [5.41, 5.74) is -3.59. The Kier molecular flexibility index (Phi) is 7.66. The van der Waals surface area contributed by atoms with Gasteiger partial charge in [-0.15, -0.1) is 0 Å². The van der Waals surface area contributed by atoms with E-state index in [1.807, 2.05) is 13.8 Å². The Bertz CT molecular complexity index is 1080. The van der Waals surface area contributed by atoms with Gasteiger partial charge in [-0.2, -0.15) is 22.0 Å². The third-order valence-corrected chi connectivity index (χ3v) is 4.09. The summed E-state index contributed by atoms with van der Waals surface area (Å²) in [6.07, 6.45) is -8.87. The van der Waals surface area contributed by atoms with E-state index in [0.717, 1.165) is 5.56 Å². The molecule has 178 valence electrons. The fourth-order valence-corrected chi connectivity index (χ4v) is 2.72. The molecule has 33 heavy (non-hydrogen) atoms. The summed E-state index contributed by atoms with van der Waals surface area (Å²) in [5, 5.41) is 0. The summed E-state index contributed by atoms with van der Waals surface area (Å²) in [4.78, 5) is 3.91. The van der Waals surface area contributed by atoms with Crippen LogP contribution in [0.3, 0.4) is 0 Å². The third-order valence-electron chi connectivity index (χ3n) is 4.09. The van der Waals surface area contributed by atoms with Crippen molar-refractivity contribution >= 4 is 0 Å². The molecule has 2 aromatic carbocycles. The van der Waals surface area contributed by atoms with Gasteiger partial charge in [0.25, 0.3) is 0 Å². The van der Waals surface area contributed by atoms with Crippen molar-refractivity contribution in [2.75, 3.05) is 0 Å². The molecule has 3 aromatic rings. The van der Waals surface area contributed by atoms with Crippen LogP contribution in [0.1, 0.15) is 30.5 Å². The second kappa shape index (κ2) is 9.72. The van der Waals surface area contributed by atoms with Gasteiger partial charge in [0.05, 0.1) is 5.69 Å². The minimum Gasteiger partial charge on any atom is -0.429 e. The lowest BCUT2D eigenvalue weighted by atomic mass is 10.1. The maximum absolute atomic E-state index is 14.4. The van der Waals surface area contributed by atoms with E-state index in [9.17, 15) is 39.5 Å². The van der Waals surface area contributed by atoms with E-state index in [4.69, 9.17) is 0 Å². The molecular weight excluding hydrogens is 465 g/mol. The Morgan fingerprint density at radius 2 is 1.21 bits per heavy atom. The maximum Gasteiger partial charge on any atom is 0.432 e. The van der Waals surface area contributed by atoms with E-state index in [2.05, 4.69) is 9.72 Å². The highest BCUT2D eigenvalue weighted by Gasteiger charge is 2.43. The second-order valence-corrected chi connectivity index (χ2v) is 6.41. The van der Waals surface area contributed by atoms with Crippen LogP contribution in [-0.2, 0) is 12.3 Å². The number of hydrogen-bond donors (Lipinski definition) is 0. The lowest BCUT2D eigenvalue weighted by molar-refractivity contribution is -0.189. The lowest BCUT2D eigenvalue weighted by Gasteiger charge is -2.20. The van der Waals surface area contributed by atoms with Crippen molar-refractivity contribution in [3.8, 4) is 17.0 Å². The predicted molar refractivity (Wildman–Crippen MR) is 102 cm³/mol. The summed E-state index contributed by atoms with van der Waals surface area (Å²) in [7, 11) is 0. The van der Waals surface area contributed by atoms with Crippen molar-refractivity contribution in [2.45, 2.75) is 33.1 Å². The van der Waals surface area contributed by atoms with Gasteiger partial charge in [0.1, 0.15) is 40.1 Å². The van der Waals surface area contributed by atoms with Crippen LogP contribution in [0, 0.1) is 30.2 Å². The number of alkyl halides is 5. The number of halogens is 9. The first-order valence-electron chi connectivity index (χ1n) is 9.35. The average molecular weight is 481 g/mol. The molecule has 2 nitrogen and oxygen atoms in total. The molecule has 0 aliphatic rings. The number of pyridine rings is 1. The Labute approximate surface area is 182 Å². The maximum atomic E-state index is 14.4. The fraction of sp³-hybridized carbons (Fsp3) is 0.227. The number of benzene rings is 2. The smallest absolute Gasteiger partial charge is 0.429 e. The Morgan fingerprint density at radius 3 is 1.64 bits per heavy atom. The summed E-state index contributed by atoms with van der Waals surface area (Å²) in [6.45, 7) is 5.70. The molecule has 0 unspecified atom stereocenters. The Hall–Kier alpha value is -3.24. The average Bonchev–Trinajstić information content (AvgIpc) is 2.67. The van der Waals surface area contributed by atoms with Gasteiger partial charge in [-0.3, -0.25) is 4.98 Å². The van der Waals surface area contributed by atoms with E-state index >= 15 is 0 Å². The number of aryl methyl sites for hydroxylation is 1. The number of hydrogen-bond acceptors (Lipinski definition) is 2. The van der Waals surface area contributed by atoms with Crippen molar-refractivity contribution in [1.82, 2.24) is 4.98 Å². The molecule has 0 atom stereocenters. The minimum absolute atomic E-state index is 0.0751. The van der Waals surface area contributed by atoms with Crippen molar-refractivity contribution in [3.63, 3.8) is 0 Å². The predicted octanol–water partition coefficient (Wildman–Crippen LogP) is 7.79. The zero-order valence-electron chi connectivity index (χ0n) is 17.3. The molecule has 0 aliphatic carbocycles. The Balaban J connectivity index is 0.00000187. The van der Waals surface area contributed by atoms with Crippen LogP contribution >= 0.6 is 0 Å². The molecular formula is C22H16F9NO. The zero-order valence-corrected chi connectivity index (χ0v) is 17.3. The molecule has 3 rings (SSSR count). The third kappa shape index (κ3) is 5.77. The molecule has 0 radical (unpaired) electrons. The van der Waals surface area contributed by atoms with Gasteiger partial charge in [-0.1, -0.05) is 19.9 Å². The molecule has 0 aliphatic heterocycles. The molecule has 0 fully saturated rings. The number of nitrogens with zero attached hydrogens (tertiary/aromatic N) is 1. The van der Waals surface area contributed by atoms with Gasteiger partial charge in [0.15, 0.2) is 0 Å². The van der Waals surface area contributed by atoms with Crippen molar-refractivity contribution in [1.29, 1.82) is 0 Å². The highest BCUT2D eigenvalue weighted by atomic mass is 19.4. The molecule has 0 N–H and O–H groups in total. The lowest BCUT2D eigenvalue weighted by Crippen LogP contribution is -2.25. The van der Waals surface area contributed by atoms with Crippen LogP contribution in [0.4, 0.5) is 39.5 Å². The summed E-state index contributed by atoms with van der Waals surface area (Å²) < 4.78 is 126. The van der Waals surface area contributed by atoms with E-state index in [-0.39, 0.29) is 23.4 Å². The van der Waals surface area contributed by atoms with Gasteiger partial charge >= 0.3 is 12.3 Å². The first-order chi connectivity index (χ1) is 15.3. The van der Waals surface area contributed by atoms with E-state index in [1.165, 1.54) is 12.3 Å². The number of rotatable bonds is 4. The van der Waals surface area contributed by atoms with Gasteiger partial charge in [0, 0.05) is 23.9 Å². The molecule has 1 heterocycles. The molecule has 1 aromatic heterocycles. The first-order valence-corrected chi connectivity index (χ1v) is 9.35. The highest BCUT2D eigenvalue weighted by Crippen LogP contribution is 2.40. The Morgan fingerprint density at radius 1 is 0.727 bits per heavy atom. The van der Waals surface area contributed by atoms with Crippen molar-refractivity contribution in [3.05, 3.63) is 82.6 Å². The summed E-state index contributed by atoms with van der Waals surface area (Å²) in [6, 6.07) is 3.71. The molecule has 11 heteroatoms. The van der Waals surface area contributed by atoms with Gasteiger partial charge < -0.3 is 4.74 Å².